The molecule has 4 aromatic rings. The standard InChI is InChI=1S/C27H28N6OS/c1-19-15-25(31-34-19)23-8-7-21-9-12-33(13-10-22(21)17-23)11-4-14-35-27-30-29-26(32(27)2)24-6-3-5-20(16-24)18-28/h3,5-8,15-17H,4,9-14H2,1-2H3. The molecule has 0 N–H and O–H groups in total. The number of nitriles is 1. The van der Waals surface area contributed by atoms with E-state index in [9.17, 15) is 0 Å². The number of fused-ring (bicyclic) bond motifs is 1. The minimum absolute atomic E-state index is 0.628. The van der Waals surface area contributed by atoms with Crippen LogP contribution >= 0.6 is 11.8 Å². The molecule has 1 aliphatic rings. The monoisotopic (exact) mass is 484 g/mol. The van der Waals surface area contributed by atoms with Crippen molar-refractivity contribution in [3.63, 3.8) is 0 Å². The van der Waals surface area contributed by atoms with E-state index in [0.29, 0.717) is 5.56 Å². The first-order chi connectivity index (χ1) is 17.1. The summed E-state index contributed by atoms with van der Waals surface area (Å²) in [6, 6.07) is 18.4. The second-order valence-electron chi connectivity index (χ2n) is 8.91. The third kappa shape index (κ3) is 5.31. The van der Waals surface area contributed by atoms with Crippen LogP contribution in [0.2, 0.25) is 0 Å². The quantitative estimate of drug-likeness (QED) is 0.272. The van der Waals surface area contributed by atoms with E-state index in [1.165, 1.54) is 11.1 Å². The van der Waals surface area contributed by atoms with Crippen molar-refractivity contribution in [1.82, 2.24) is 24.8 Å². The van der Waals surface area contributed by atoms with E-state index in [2.05, 4.69) is 44.5 Å². The summed E-state index contributed by atoms with van der Waals surface area (Å²) in [5.41, 5.74) is 6.45. The maximum Gasteiger partial charge on any atom is 0.191 e. The van der Waals surface area contributed by atoms with Crippen LogP contribution in [0.3, 0.4) is 0 Å². The summed E-state index contributed by atoms with van der Waals surface area (Å²) in [6.45, 7) is 5.16. The topological polar surface area (TPSA) is 83.8 Å². The molecule has 0 saturated carbocycles. The molecule has 178 valence electrons. The molecule has 3 heterocycles. The molecule has 0 radical (unpaired) electrons. The minimum Gasteiger partial charge on any atom is -0.361 e. The zero-order valence-corrected chi connectivity index (χ0v) is 20.9. The Balaban J connectivity index is 1.13. The van der Waals surface area contributed by atoms with Gasteiger partial charge in [0.1, 0.15) is 11.5 Å². The molecule has 0 spiro atoms. The maximum absolute atomic E-state index is 9.16. The lowest BCUT2D eigenvalue weighted by molar-refractivity contribution is 0.289. The molecular weight excluding hydrogens is 456 g/mol. The molecular formula is C27H28N6OS. The van der Waals surface area contributed by atoms with Crippen LogP contribution in [0.25, 0.3) is 22.6 Å². The smallest absolute Gasteiger partial charge is 0.191 e. The summed E-state index contributed by atoms with van der Waals surface area (Å²) in [7, 11) is 1.98. The van der Waals surface area contributed by atoms with Crippen molar-refractivity contribution in [2.24, 2.45) is 7.05 Å². The summed E-state index contributed by atoms with van der Waals surface area (Å²) in [4.78, 5) is 2.57. The number of thioether (sulfide) groups is 1. The second-order valence-corrected chi connectivity index (χ2v) is 9.97. The van der Waals surface area contributed by atoms with E-state index in [4.69, 9.17) is 9.78 Å². The molecule has 7 nitrogen and oxygen atoms in total. The molecule has 1 aliphatic heterocycles. The summed E-state index contributed by atoms with van der Waals surface area (Å²) >= 11 is 1.74. The van der Waals surface area contributed by atoms with Crippen molar-refractivity contribution >= 4 is 11.8 Å². The van der Waals surface area contributed by atoms with Gasteiger partial charge >= 0.3 is 0 Å². The van der Waals surface area contributed by atoms with Crippen molar-refractivity contribution < 1.29 is 4.52 Å². The Kier molecular flexibility index (Phi) is 6.98. The minimum atomic E-state index is 0.628. The highest BCUT2D eigenvalue weighted by atomic mass is 32.2. The Morgan fingerprint density at radius 1 is 1.03 bits per heavy atom. The van der Waals surface area contributed by atoms with Crippen LogP contribution in [0.5, 0.6) is 0 Å². The van der Waals surface area contributed by atoms with Crippen LogP contribution in [0, 0.1) is 18.3 Å². The summed E-state index contributed by atoms with van der Waals surface area (Å²) in [5, 5.41) is 23.0. The fourth-order valence-corrected chi connectivity index (χ4v) is 5.36. The number of rotatable bonds is 7. The first kappa shape index (κ1) is 23.3. The van der Waals surface area contributed by atoms with Crippen molar-refractivity contribution in [2.45, 2.75) is 31.3 Å². The van der Waals surface area contributed by atoms with Gasteiger partial charge in [0, 0.05) is 43.1 Å². The lowest BCUT2D eigenvalue weighted by Crippen LogP contribution is -2.27. The lowest BCUT2D eigenvalue weighted by atomic mass is 9.99. The predicted octanol–water partition coefficient (Wildman–Crippen LogP) is 4.90. The number of hydrogen-bond acceptors (Lipinski definition) is 7. The van der Waals surface area contributed by atoms with Crippen molar-refractivity contribution in [3.05, 3.63) is 71.0 Å². The zero-order valence-electron chi connectivity index (χ0n) is 20.1. The van der Waals surface area contributed by atoms with E-state index in [-0.39, 0.29) is 0 Å². The Hall–Kier alpha value is -3.41. The van der Waals surface area contributed by atoms with Crippen molar-refractivity contribution in [3.8, 4) is 28.7 Å². The van der Waals surface area contributed by atoms with Gasteiger partial charge in [-0.1, -0.05) is 41.2 Å². The Labute approximate surface area is 209 Å². The van der Waals surface area contributed by atoms with Gasteiger partial charge in [-0.3, -0.25) is 0 Å². The van der Waals surface area contributed by atoms with Crippen LogP contribution < -0.4 is 0 Å². The zero-order chi connectivity index (χ0) is 24.2. The van der Waals surface area contributed by atoms with Gasteiger partial charge in [-0.15, -0.1) is 10.2 Å². The maximum atomic E-state index is 9.16. The third-order valence-electron chi connectivity index (χ3n) is 6.46. The van der Waals surface area contributed by atoms with Gasteiger partial charge in [0.15, 0.2) is 11.0 Å². The van der Waals surface area contributed by atoms with E-state index in [1.807, 2.05) is 42.8 Å². The van der Waals surface area contributed by atoms with Gasteiger partial charge in [0.2, 0.25) is 0 Å². The molecule has 0 unspecified atom stereocenters. The molecule has 35 heavy (non-hydrogen) atoms. The average Bonchev–Trinajstić information content (AvgIpc) is 3.41. The number of hydrogen-bond donors (Lipinski definition) is 0. The first-order valence-electron chi connectivity index (χ1n) is 11.9. The lowest BCUT2D eigenvalue weighted by Gasteiger charge is -2.19. The fraction of sp³-hybridized carbons (Fsp3) is 0.333. The second kappa shape index (κ2) is 10.5. The number of benzene rings is 2. The molecule has 0 amide bonds. The van der Waals surface area contributed by atoms with E-state index >= 15 is 0 Å². The SMILES string of the molecule is Cc1cc(-c2ccc3c(c2)CCN(CCCSc2nnc(-c4cccc(C#N)c4)n2C)CC3)no1. The number of aryl methyl sites for hydroxylation is 1. The molecule has 0 bridgehead atoms. The Morgan fingerprint density at radius 3 is 2.69 bits per heavy atom. The predicted molar refractivity (Wildman–Crippen MR) is 137 cm³/mol. The van der Waals surface area contributed by atoms with E-state index in [0.717, 1.165) is 78.2 Å². The average molecular weight is 485 g/mol. The highest BCUT2D eigenvalue weighted by molar-refractivity contribution is 7.99. The molecule has 0 saturated heterocycles. The van der Waals surface area contributed by atoms with Gasteiger partial charge in [-0.05, 0) is 62.1 Å². The molecule has 0 fully saturated rings. The number of aromatic nitrogens is 4. The molecule has 5 rings (SSSR count). The van der Waals surface area contributed by atoms with E-state index < -0.39 is 0 Å². The Morgan fingerprint density at radius 2 is 1.89 bits per heavy atom. The van der Waals surface area contributed by atoms with Crippen LogP contribution in [-0.4, -0.2) is 50.2 Å². The normalized spacial score (nSPS) is 13.9. The van der Waals surface area contributed by atoms with Crippen LogP contribution in [0.1, 0.15) is 28.9 Å². The molecule has 2 aromatic heterocycles. The molecule has 8 heteroatoms. The fourth-order valence-electron chi connectivity index (χ4n) is 4.53. The third-order valence-corrected chi connectivity index (χ3v) is 7.57. The summed E-state index contributed by atoms with van der Waals surface area (Å²) in [6.07, 6.45) is 3.23. The number of nitrogens with zero attached hydrogens (tertiary/aromatic N) is 6. The van der Waals surface area contributed by atoms with Crippen LogP contribution in [-0.2, 0) is 19.9 Å². The van der Waals surface area contributed by atoms with E-state index in [1.54, 1.807) is 17.8 Å². The largest absolute Gasteiger partial charge is 0.361 e. The Bertz CT molecular complexity index is 1370. The highest BCUT2D eigenvalue weighted by Crippen LogP contribution is 2.26. The molecule has 2 aromatic carbocycles. The van der Waals surface area contributed by atoms with Gasteiger partial charge in [0.05, 0.1) is 11.6 Å². The van der Waals surface area contributed by atoms with Gasteiger partial charge in [-0.25, -0.2) is 0 Å². The molecule has 0 atom stereocenters. The summed E-state index contributed by atoms with van der Waals surface area (Å²) in [5.74, 6) is 2.61. The van der Waals surface area contributed by atoms with Gasteiger partial charge < -0.3 is 14.0 Å². The van der Waals surface area contributed by atoms with Crippen LogP contribution in [0.4, 0.5) is 0 Å². The van der Waals surface area contributed by atoms with Crippen LogP contribution in [0.15, 0.2) is 58.2 Å². The van der Waals surface area contributed by atoms with Crippen molar-refractivity contribution in [2.75, 3.05) is 25.4 Å². The highest BCUT2D eigenvalue weighted by Gasteiger charge is 2.16. The van der Waals surface area contributed by atoms with Gasteiger partial charge in [-0.2, -0.15) is 5.26 Å². The molecule has 0 aliphatic carbocycles. The summed E-state index contributed by atoms with van der Waals surface area (Å²) < 4.78 is 7.26. The van der Waals surface area contributed by atoms with Gasteiger partial charge in [0.25, 0.3) is 0 Å². The first-order valence-corrected chi connectivity index (χ1v) is 12.9. The van der Waals surface area contributed by atoms with Crippen molar-refractivity contribution in [1.29, 1.82) is 5.26 Å².